The van der Waals surface area contributed by atoms with Crippen molar-refractivity contribution >= 4 is 34.9 Å². The van der Waals surface area contributed by atoms with Crippen molar-refractivity contribution in [2.24, 2.45) is 11.3 Å². The lowest BCUT2D eigenvalue weighted by Gasteiger charge is -2.34. The van der Waals surface area contributed by atoms with E-state index in [9.17, 15) is 24.3 Å². The molecule has 2 amide bonds. The molecule has 2 aliphatic heterocycles. The largest absolute Gasteiger partial charge is 0.496 e. The number of alkyl carbamates (subject to hydrolysis) is 1. The summed E-state index contributed by atoms with van der Waals surface area (Å²) in [5.74, 6) is -0.892. The van der Waals surface area contributed by atoms with Gasteiger partial charge in [0.15, 0.2) is 0 Å². The van der Waals surface area contributed by atoms with E-state index in [0.29, 0.717) is 28.8 Å². The molecule has 1 aromatic carbocycles. The first kappa shape index (κ1) is 29.5. The van der Waals surface area contributed by atoms with Gasteiger partial charge in [0.2, 0.25) is 5.91 Å². The molecule has 4 bridgehead atoms. The van der Waals surface area contributed by atoms with Crippen LogP contribution in [0.1, 0.15) is 64.4 Å². The number of cyclic esters (lactones) is 1. The first-order valence-electron chi connectivity index (χ1n) is 14.6. The van der Waals surface area contributed by atoms with Crippen molar-refractivity contribution in [2.45, 2.75) is 77.0 Å². The lowest BCUT2D eigenvalue weighted by molar-refractivity contribution is -0.149. The number of fused-ring (bicyclic) bond motifs is 3. The monoisotopic (exact) mass is 581 g/mol. The van der Waals surface area contributed by atoms with E-state index in [1.54, 1.807) is 13.2 Å². The molecule has 2 fully saturated rings. The second-order valence-corrected chi connectivity index (χ2v) is 12.3. The molecule has 3 N–H and O–H groups in total. The van der Waals surface area contributed by atoms with Crippen LogP contribution in [-0.2, 0) is 14.3 Å². The van der Waals surface area contributed by atoms with Crippen molar-refractivity contribution in [3.63, 3.8) is 0 Å². The Morgan fingerprint density at radius 3 is 2.60 bits per heavy atom. The van der Waals surface area contributed by atoms with Gasteiger partial charge in [-0.25, -0.2) is 9.59 Å². The maximum absolute atomic E-state index is 14.0. The summed E-state index contributed by atoms with van der Waals surface area (Å²) < 4.78 is 17.5. The molecule has 1 saturated heterocycles. The van der Waals surface area contributed by atoms with Crippen molar-refractivity contribution < 1.29 is 33.7 Å². The molecular formula is C31H39N3O8. The Kier molecular flexibility index (Phi) is 8.47. The molecule has 3 atom stereocenters. The van der Waals surface area contributed by atoms with Crippen LogP contribution in [0, 0.1) is 11.3 Å². The van der Waals surface area contributed by atoms with E-state index in [0.717, 1.165) is 37.7 Å². The molecule has 11 nitrogen and oxygen atoms in total. The third kappa shape index (κ3) is 6.39. The number of amides is 2. The zero-order valence-corrected chi connectivity index (χ0v) is 24.3. The van der Waals surface area contributed by atoms with E-state index >= 15 is 0 Å². The molecule has 226 valence electrons. The Bertz CT molecular complexity index is 1440. The van der Waals surface area contributed by atoms with Gasteiger partial charge in [-0.3, -0.25) is 9.59 Å². The number of allylic oxidation sites excluding steroid dienone is 1. The van der Waals surface area contributed by atoms with Gasteiger partial charge in [-0.05, 0) is 31.2 Å². The summed E-state index contributed by atoms with van der Waals surface area (Å²) >= 11 is 0. The van der Waals surface area contributed by atoms with Crippen LogP contribution in [0.2, 0.25) is 0 Å². The van der Waals surface area contributed by atoms with Gasteiger partial charge in [0, 0.05) is 34.9 Å². The maximum Gasteiger partial charge on any atom is 0.407 e. The molecule has 11 heteroatoms. The minimum atomic E-state index is -1.15. The highest BCUT2D eigenvalue weighted by molar-refractivity contribution is 5.91. The number of ether oxygens (including phenoxy) is 3. The van der Waals surface area contributed by atoms with Crippen LogP contribution in [0.4, 0.5) is 4.79 Å². The topological polar surface area (TPSA) is 147 Å². The fourth-order valence-corrected chi connectivity index (χ4v) is 6.23. The number of hydrogen-bond acceptors (Lipinski definition) is 7. The number of carboxylic acids is 1. The van der Waals surface area contributed by atoms with Crippen molar-refractivity contribution in [2.75, 3.05) is 20.3 Å². The summed E-state index contributed by atoms with van der Waals surface area (Å²) in [5.41, 5.74) is 0.464. The van der Waals surface area contributed by atoms with E-state index in [1.165, 1.54) is 11.0 Å². The molecule has 2 aromatic rings. The van der Waals surface area contributed by atoms with Crippen LogP contribution < -0.4 is 20.3 Å². The summed E-state index contributed by atoms with van der Waals surface area (Å²) in [6.45, 7) is 4.07. The van der Waals surface area contributed by atoms with Crippen LogP contribution in [0.3, 0.4) is 0 Å². The van der Waals surface area contributed by atoms with Gasteiger partial charge in [-0.2, -0.15) is 0 Å². The highest BCUT2D eigenvalue weighted by atomic mass is 16.5. The number of aromatic nitrogens is 1. The zero-order chi connectivity index (χ0) is 30.0. The molecule has 42 heavy (non-hydrogen) atoms. The number of methoxy groups -OCH3 is 1. The lowest BCUT2D eigenvalue weighted by atomic mass is 9.83. The first-order chi connectivity index (χ1) is 20.0. The fourth-order valence-electron chi connectivity index (χ4n) is 6.23. The number of H-pyrrole nitrogens is 1. The zero-order valence-electron chi connectivity index (χ0n) is 24.3. The van der Waals surface area contributed by atoms with Crippen molar-refractivity contribution in [1.82, 2.24) is 15.2 Å². The molecule has 5 rings (SSSR count). The second kappa shape index (κ2) is 12.1. The van der Waals surface area contributed by atoms with E-state index < -0.39 is 41.6 Å². The molecule has 3 heterocycles. The predicted octanol–water partition coefficient (Wildman–Crippen LogP) is 4.09. The van der Waals surface area contributed by atoms with Gasteiger partial charge in [-0.1, -0.05) is 45.3 Å². The van der Waals surface area contributed by atoms with E-state index in [1.807, 2.05) is 32.1 Å². The number of carboxylic acid groups (broad SMARTS) is 1. The second-order valence-electron chi connectivity index (χ2n) is 12.3. The number of rotatable bonds is 3. The molecule has 3 aliphatic rings. The van der Waals surface area contributed by atoms with E-state index in [4.69, 9.17) is 14.2 Å². The van der Waals surface area contributed by atoms with E-state index in [-0.39, 0.29) is 31.0 Å². The van der Waals surface area contributed by atoms with Crippen LogP contribution in [0.5, 0.6) is 11.5 Å². The highest BCUT2D eigenvalue weighted by Crippen LogP contribution is 2.35. The summed E-state index contributed by atoms with van der Waals surface area (Å²) in [7, 11) is 1.54. The summed E-state index contributed by atoms with van der Waals surface area (Å²) in [6, 6.07) is 2.86. The van der Waals surface area contributed by atoms with Crippen molar-refractivity contribution in [3.8, 4) is 11.5 Å². The number of pyridine rings is 1. The normalized spacial score (nSPS) is 26.1. The SMILES string of the molecule is COc1cc2[nH]c(=O)cc3c2cc1/C=C/CC(C)(C)COC(=O)N[C@@H](C1CCCCC1)C(=O)N1C[C@@H](C[C@H]1C(=O)O)O3. The number of carbonyl (C=O) groups excluding carboxylic acids is 2. The van der Waals surface area contributed by atoms with Crippen molar-refractivity contribution in [1.29, 1.82) is 0 Å². The molecule has 1 aromatic heterocycles. The van der Waals surface area contributed by atoms with Crippen LogP contribution in [-0.4, -0.2) is 71.4 Å². The Morgan fingerprint density at radius 2 is 1.88 bits per heavy atom. The van der Waals surface area contributed by atoms with Gasteiger partial charge in [-0.15, -0.1) is 0 Å². The van der Waals surface area contributed by atoms with Gasteiger partial charge in [0.05, 0.1) is 25.8 Å². The smallest absolute Gasteiger partial charge is 0.407 e. The Balaban J connectivity index is 1.57. The maximum atomic E-state index is 14.0. The van der Waals surface area contributed by atoms with Gasteiger partial charge in [0.1, 0.15) is 29.7 Å². The Labute approximate surface area is 244 Å². The van der Waals surface area contributed by atoms with Crippen LogP contribution >= 0.6 is 0 Å². The van der Waals surface area contributed by atoms with Gasteiger partial charge < -0.3 is 34.5 Å². The summed E-state index contributed by atoms with van der Waals surface area (Å²) in [4.78, 5) is 56.0. The Hall–Kier alpha value is -4.02. The Morgan fingerprint density at radius 1 is 1.12 bits per heavy atom. The van der Waals surface area contributed by atoms with Crippen LogP contribution in [0.15, 0.2) is 29.1 Å². The number of nitrogens with one attached hydrogen (secondary N) is 2. The molecule has 1 aliphatic carbocycles. The molecular weight excluding hydrogens is 542 g/mol. The molecule has 0 spiro atoms. The third-order valence-corrected chi connectivity index (χ3v) is 8.50. The standard InChI is InChI=1S/C31H39N3O8/c1-31(2)11-7-10-19-12-21-22(14-24(19)40-3)32-26(35)15-25(21)42-20-13-23(29(37)38)34(16-20)28(36)27(33-30(39)41-17-31)18-8-5-4-6-9-18/h7,10,12,14-15,18,20,23,27H,4-6,8-9,11,13,16-17H2,1-3H3,(H,32,35)(H,33,39)(H,37,38)/b10-7+/t20-,23+,27+/m1/s1. The van der Waals surface area contributed by atoms with Gasteiger partial charge >= 0.3 is 12.1 Å². The first-order valence-corrected chi connectivity index (χ1v) is 14.6. The predicted molar refractivity (Wildman–Crippen MR) is 156 cm³/mol. The molecule has 1 saturated carbocycles. The number of aliphatic carboxylic acids is 1. The number of hydrogen-bond donors (Lipinski definition) is 3. The minimum absolute atomic E-state index is 0.0000142. The van der Waals surface area contributed by atoms with Crippen molar-refractivity contribution in [3.05, 3.63) is 40.2 Å². The van der Waals surface area contributed by atoms with E-state index in [2.05, 4.69) is 10.3 Å². The summed E-state index contributed by atoms with van der Waals surface area (Å²) in [5, 5.41) is 13.5. The number of benzene rings is 1. The average molecular weight is 582 g/mol. The fraction of sp³-hybridized carbons (Fsp3) is 0.548. The number of nitrogens with zero attached hydrogens (tertiary/aromatic N) is 1. The average Bonchev–Trinajstić information content (AvgIpc) is 3.38. The lowest BCUT2D eigenvalue weighted by Crippen LogP contribution is -2.55. The molecule has 0 radical (unpaired) electrons. The quantitative estimate of drug-likeness (QED) is 0.491. The minimum Gasteiger partial charge on any atom is -0.496 e. The molecule has 0 unspecified atom stereocenters. The third-order valence-electron chi connectivity index (χ3n) is 8.50. The highest BCUT2D eigenvalue weighted by Gasteiger charge is 2.45. The summed E-state index contributed by atoms with van der Waals surface area (Å²) in [6.07, 6.45) is 7.55. The number of carbonyl (C=O) groups is 3. The number of aromatic amines is 1. The van der Waals surface area contributed by atoms with Crippen LogP contribution in [0.25, 0.3) is 17.0 Å². The van der Waals surface area contributed by atoms with Gasteiger partial charge in [0.25, 0.3) is 5.56 Å².